The van der Waals surface area contributed by atoms with E-state index in [1.54, 1.807) is 7.11 Å². The highest BCUT2D eigenvalue weighted by molar-refractivity contribution is 14.1. The lowest BCUT2D eigenvalue weighted by Gasteiger charge is -2.37. The zero-order valence-electron chi connectivity index (χ0n) is 12.4. The van der Waals surface area contributed by atoms with Crippen molar-refractivity contribution < 1.29 is 4.74 Å². The van der Waals surface area contributed by atoms with E-state index >= 15 is 0 Å². The average molecular weight is 393 g/mol. The van der Waals surface area contributed by atoms with Gasteiger partial charge in [0.1, 0.15) is 5.75 Å². The molecule has 21 heavy (non-hydrogen) atoms. The van der Waals surface area contributed by atoms with E-state index in [2.05, 4.69) is 71.2 Å². The summed E-state index contributed by atoms with van der Waals surface area (Å²) in [6, 6.07) is 15.5. The molecule has 3 rings (SSSR count). The van der Waals surface area contributed by atoms with E-state index in [0.717, 1.165) is 5.75 Å². The molecule has 2 aromatic rings. The topological polar surface area (TPSA) is 21.3 Å². The molecule has 1 N–H and O–H groups in total. The Morgan fingerprint density at radius 1 is 1.14 bits per heavy atom. The number of methoxy groups -OCH3 is 1. The molecule has 0 unspecified atom stereocenters. The zero-order valence-corrected chi connectivity index (χ0v) is 14.6. The predicted molar refractivity (Wildman–Crippen MR) is 96.3 cm³/mol. The summed E-state index contributed by atoms with van der Waals surface area (Å²) < 4.78 is 6.78. The Morgan fingerprint density at radius 3 is 2.62 bits per heavy atom. The van der Waals surface area contributed by atoms with Crippen molar-refractivity contribution in [3.8, 4) is 5.75 Å². The summed E-state index contributed by atoms with van der Waals surface area (Å²) in [6.45, 7) is 2.15. The van der Waals surface area contributed by atoms with Crippen LogP contribution in [0, 0.1) is 10.5 Å². The summed E-state index contributed by atoms with van der Waals surface area (Å²) in [5, 5.41) is 3.64. The van der Waals surface area contributed by atoms with Crippen molar-refractivity contribution >= 4 is 28.3 Å². The number of halogens is 1. The maximum Gasteiger partial charge on any atom is 0.122 e. The fourth-order valence-electron chi connectivity index (χ4n) is 2.91. The van der Waals surface area contributed by atoms with Gasteiger partial charge in [-0.05, 0) is 77.6 Å². The highest BCUT2D eigenvalue weighted by Crippen LogP contribution is 2.42. The second-order valence-corrected chi connectivity index (χ2v) is 6.88. The van der Waals surface area contributed by atoms with E-state index in [9.17, 15) is 0 Å². The van der Waals surface area contributed by atoms with Crippen LogP contribution in [-0.4, -0.2) is 13.2 Å². The lowest BCUT2D eigenvalue weighted by molar-refractivity contribution is 0.350. The Hall–Kier alpha value is -1.23. The normalized spacial score (nSPS) is 20.7. The highest BCUT2D eigenvalue weighted by atomic mass is 127. The minimum Gasteiger partial charge on any atom is -0.496 e. The van der Waals surface area contributed by atoms with Gasteiger partial charge < -0.3 is 10.1 Å². The van der Waals surface area contributed by atoms with E-state index < -0.39 is 0 Å². The number of nitrogens with one attached hydrogen (secondary N) is 1. The first-order valence-electron chi connectivity index (χ1n) is 7.33. The van der Waals surface area contributed by atoms with Gasteiger partial charge in [0, 0.05) is 15.3 Å². The molecule has 2 nitrogen and oxygen atoms in total. The monoisotopic (exact) mass is 393 g/mol. The van der Waals surface area contributed by atoms with Crippen LogP contribution in [-0.2, 0) is 0 Å². The van der Waals surface area contributed by atoms with Gasteiger partial charge in [0.25, 0.3) is 0 Å². The number of benzene rings is 2. The van der Waals surface area contributed by atoms with Gasteiger partial charge in [-0.3, -0.25) is 0 Å². The largest absolute Gasteiger partial charge is 0.496 e. The van der Waals surface area contributed by atoms with Crippen LogP contribution in [0.25, 0.3) is 0 Å². The van der Waals surface area contributed by atoms with Crippen molar-refractivity contribution in [1.82, 2.24) is 0 Å². The molecule has 1 aliphatic rings. The second-order valence-electron chi connectivity index (χ2n) is 5.72. The molecule has 0 saturated heterocycles. The van der Waals surface area contributed by atoms with Crippen molar-refractivity contribution in [1.29, 1.82) is 0 Å². The molecule has 110 valence electrons. The van der Waals surface area contributed by atoms with Gasteiger partial charge in [0.2, 0.25) is 0 Å². The molecule has 0 aliphatic heterocycles. The highest BCUT2D eigenvalue weighted by Gasteiger charge is 2.31. The molecular formula is C18H20INO. The third-order valence-electron chi connectivity index (χ3n) is 4.26. The molecule has 1 fully saturated rings. The maximum absolute atomic E-state index is 5.46. The molecule has 0 amide bonds. The zero-order chi connectivity index (χ0) is 14.8. The Bertz CT molecular complexity index is 635. The maximum atomic E-state index is 5.46. The standard InChI is InChI=1S/C18H20INO/c1-12-7-8-14(11-17(12)19)20-15-9-13(10-15)16-5-3-4-6-18(16)21-2/h3-8,11,13,15,20H,9-10H2,1-2H3. The van der Waals surface area contributed by atoms with Gasteiger partial charge in [-0.15, -0.1) is 0 Å². The van der Waals surface area contributed by atoms with Crippen LogP contribution in [0.1, 0.15) is 29.9 Å². The van der Waals surface area contributed by atoms with Crippen molar-refractivity contribution in [3.63, 3.8) is 0 Å². The minimum atomic E-state index is 0.568. The Kier molecular flexibility index (Phi) is 4.38. The summed E-state index contributed by atoms with van der Waals surface area (Å²) in [4.78, 5) is 0. The van der Waals surface area contributed by atoms with Crippen LogP contribution in [0.15, 0.2) is 42.5 Å². The molecule has 0 radical (unpaired) electrons. The number of hydrogen-bond donors (Lipinski definition) is 1. The van der Waals surface area contributed by atoms with Gasteiger partial charge in [-0.2, -0.15) is 0 Å². The number of anilines is 1. The summed E-state index contributed by atoms with van der Waals surface area (Å²) >= 11 is 2.39. The lowest BCUT2D eigenvalue weighted by Crippen LogP contribution is -2.34. The quantitative estimate of drug-likeness (QED) is 0.741. The average Bonchev–Trinajstić information content (AvgIpc) is 2.46. The molecule has 0 spiro atoms. The van der Waals surface area contributed by atoms with Crippen molar-refractivity contribution in [2.45, 2.75) is 31.7 Å². The Morgan fingerprint density at radius 2 is 1.90 bits per heavy atom. The molecule has 1 aliphatic carbocycles. The van der Waals surface area contributed by atoms with E-state index in [1.165, 1.54) is 33.2 Å². The van der Waals surface area contributed by atoms with Crippen molar-refractivity contribution in [3.05, 3.63) is 57.2 Å². The van der Waals surface area contributed by atoms with E-state index in [4.69, 9.17) is 4.74 Å². The summed E-state index contributed by atoms with van der Waals surface area (Å²) in [5.41, 5.74) is 3.91. The van der Waals surface area contributed by atoms with Gasteiger partial charge in [-0.25, -0.2) is 0 Å². The molecule has 0 aromatic heterocycles. The van der Waals surface area contributed by atoms with E-state index in [1.807, 2.05) is 6.07 Å². The SMILES string of the molecule is COc1ccccc1C1CC(Nc2ccc(C)c(I)c2)C1. The molecule has 1 saturated carbocycles. The molecular weight excluding hydrogens is 373 g/mol. The molecule has 0 heterocycles. The lowest BCUT2D eigenvalue weighted by atomic mass is 9.75. The number of hydrogen-bond acceptors (Lipinski definition) is 2. The Labute approximate surface area is 140 Å². The van der Waals surface area contributed by atoms with Crippen LogP contribution < -0.4 is 10.1 Å². The first-order chi connectivity index (χ1) is 10.2. The Balaban J connectivity index is 1.62. The molecule has 0 bridgehead atoms. The molecule has 2 aromatic carbocycles. The van der Waals surface area contributed by atoms with Crippen LogP contribution in [0.3, 0.4) is 0 Å². The van der Waals surface area contributed by atoms with Crippen molar-refractivity contribution in [2.24, 2.45) is 0 Å². The smallest absolute Gasteiger partial charge is 0.122 e. The second kappa shape index (κ2) is 6.26. The molecule has 3 heteroatoms. The summed E-state index contributed by atoms with van der Waals surface area (Å²) in [5.74, 6) is 1.63. The first-order valence-corrected chi connectivity index (χ1v) is 8.41. The summed E-state index contributed by atoms with van der Waals surface area (Å²) in [6.07, 6.45) is 2.34. The van der Waals surface area contributed by atoms with Gasteiger partial charge in [0.15, 0.2) is 0 Å². The predicted octanol–water partition coefficient (Wildman–Crippen LogP) is 4.97. The number of rotatable bonds is 4. The van der Waals surface area contributed by atoms with Crippen molar-refractivity contribution in [2.75, 3.05) is 12.4 Å². The van der Waals surface area contributed by atoms with Gasteiger partial charge in [-0.1, -0.05) is 24.3 Å². The van der Waals surface area contributed by atoms with Crippen LogP contribution in [0.5, 0.6) is 5.75 Å². The van der Waals surface area contributed by atoms with Gasteiger partial charge >= 0.3 is 0 Å². The van der Waals surface area contributed by atoms with Crippen LogP contribution >= 0.6 is 22.6 Å². The fraction of sp³-hybridized carbons (Fsp3) is 0.333. The van der Waals surface area contributed by atoms with E-state index in [-0.39, 0.29) is 0 Å². The third-order valence-corrected chi connectivity index (χ3v) is 5.42. The fourth-order valence-corrected chi connectivity index (χ4v) is 3.43. The van der Waals surface area contributed by atoms with Crippen LogP contribution in [0.2, 0.25) is 0 Å². The van der Waals surface area contributed by atoms with E-state index in [0.29, 0.717) is 12.0 Å². The minimum absolute atomic E-state index is 0.568. The number of para-hydroxylation sites is 1. The third kappa shape index (κ3) is 3.18. The number of ether oxygens (including phenoxy) is 1. The number of aryl methyl sites for hydroxylation is 1. The van der Waals surface area contributed by atoms with Gasteiger partial charge in [0.05, 0.1) is 7.11 Å². The summed E-state index contributed by atoms with van der Waals surface area (Å²) in [7, 11) is 1.75. The first kappa shape index (κ1) is 14.7. The van der Waals surface area contributed by atoms with Crippen LogP contribution in [0.4, 0.5) is 5.69 Å². The molecule has 0 atom stereocenters.